The zero-order valence-corrected chi connectivity index (χ0v) is 11.6. The van der Waals surface area contributed by atoms with E-state index in [4.69, 9.17) is 4.42 Å². The number of rotatable bonds is 5. The van der Waals surface area contributed by atoms with Crippen LogP contribution in [0, 0.1) is 5.92 Å². The van der Waals surface area contributed by atoms with Crippen molar-refractivity contribution in [2.45, 2.75) is 31.8 Å². The number of benzene rings is 1. The molecule has 1 amide bonds. The van der Waals surface area contributed by atoms with Crippen LogP contribution in [0.25, 0.3) is 11.0 Å². The van der Waals surface area contributed by atoms with Crippen LogP contribution in [0.4, 0.5) is 0 Å². The number of fused-ring (bicyclic) bond motifs is 1. The lowest BCUT2D eigenvalue weighted by atomic mass is 10.0. The monoisotopic (exact) mass is 273 g/mol. The maximum absolute atomic E-state index is 11.7. The number of amides is 1. The van der Waals surface area contributed by atoms with E-state index >= 15 is 0 Å². The Hall–Kier alpha value is -1.81. The Morgan fingerprint density at radius 1 is 1.45 bits per heavy atom. The Kier molecular flexibility index (Phi) is 3.26. The smallest absolute Gasteiger partial charge is 0.220 e. The molecule has 1 aliphatic carbocycles. The molecule has 0 bridgehead atoms. The van der Waals surface area contributed by atoms with Crippen molar-refractivity contribution in [2.24, 2.45) is 5.92 Å². The van der Waals surface area contributed by atoms with E-state index in [9.17, 15) is 9.90 Å². The van der Waals surface area contributed by atoms with Gasteiger partial charge in [0, 0.05) is 11.8 Å². The Balaban J connectivity index is 1.68. The van der Waals surface area contributed by atoms with Gasteiger partial charge in [0.1, 0.15) is 16.9 Å². The van der Waals surface area contributed by atoms with Crippen LogP contribution in [-0.4, -0.2) is 17.6 Å². The zero-order valence-electron chi connectivity index (χ0n) is 11.6. The number of hydrogen-bond acceptors (Lipinski definition) is 3. The van der Waals surface area contributed by atoms with Crippen LogP contribution < -0.4 is 5.32 Å². The summed E-state index contributed by atoms with van der Waals surface area (Å²) in [5.41, 5.74) is -0.454. The number of carbonyl (C=O) groups is 1. The fourth-order valence-corrected chi connectivity index (χ4v) is 2.26. The Bertz CT molecular complexity index is 592. The molecule has 20 heavy (non-hydrogen) atoms. The van der Waals surface area contributed by atoms with Gasteiger partial charge in [0.2, 0.25) is 5.91 Å². The summed E-state index contributed by atoms with van der Waals surface area (Å²) in [5, 5.41) is 14.2. The van der Waals surface area contributed by atoms with Crippen molar-refractivity contribution >= 4 is 16.9 Å². The first-order valence-corrected chi connectivity index (χ1v) is 7.03. The van der Waals surface area contributed by atoms with Crippen LogP contribution in [0.1, 0.15) is 31.9 Å². The summed E-state index contributed by atoms with van der Waals surface area (Å²) in [6, 6.07) is 9.43. The summed E-state index contributed by atoms with van der Waals surface area (Å²) in [5.74, 6) is 1.03. The number of nitrogens with one attached hydrogen (secondary N) is 1. The molecule has 2 N–H and O–H groups in total. The highest BCUT2D eigenvalue weighted by atomic mass is 16.4. The first-order chi connectivity index (χ1) is 9.54. The third kappa shape index (κ3) is 2.85. The number of furan rings is 1. The van der Waals surface area contributed by atoms with Crippen LogP contribution in [0.2, 0.25) is 0 Å². The van der Waals surface area contributed by atoms with Crippen LogP contribution in [0.3, 0.4) is 0 Å². The van der Waals surface area contributed by atoms with Crippen molar-refractivity contribution in [3.05, 3.63) is 36.1 Å². The van der Waals surface area contributed by atoms with Crippen molar-refractivity contribution < 1.29 is 14.3 Å². The highest BCUT2D eigenvalue weighted by molar-refractivity contribution is 5.78. The molecule has 0 aliphatic heterocycles. The molecule has 0 spiro atoms. The molecule has 2 aromatic rings. The molecule has 0 radical (unpaired) electrons. The van der Waals surface area contributed by atoms with Crippen molar-refractivity contribution in [2.75, 3.05) is 6.54 Å². The maximum Gasteiger partial charge on any atom is 0.220 e. The maximum atomic E-state index is 11.7. The van der Waals surface area contributed by atoms with Gasteiger partial charge < -0.3 is 14.8 Å². The molecule has 1 saturated carbocycles. The third-order valence-corrected chi connectivity index (χ3v) is 3.76. The molecule has 4 heteroatoms. The van der Waals surface area contributed by atoms with Gasteiger partial charge in [0.25, 0.3) is 0 Å². The van der Waals surface area contributed by atoms with E-state index in [2.05, 4.69) is 5.32 Å². The molecule has 1 aromatic carbocycles. The molecular formula is C16H19NO3. The lowest BCUT2D eigenvalue weighted by Crippen LogP contribution is -2.38. The van der Waals surface area contributed by atoms with Gasteiger partial charge in [-0.25, -0.2) is 0 Å². The molecule has 1 aliphatic rings. The van der Waals surface area contributed by atoms with Crippen molar-refractivity contribution in [1.29, 1.82) is 0 Å². The minimum atomic E-state index is -1.20. The second-order valence-corrected chi connectivity index (χ2v) is 5.85. The normalized spacial score (nSPS) is 17.9. The summed E-state index contributed by atoms with van der Waals surface area (Å²) >= 11 is 0. The summed E-state index contributed by atoms with van der Waals surface area (Å²) in [6.07, 6.45) is 2.86. The van der Waals surface area contributed by atoms with E-state index in [1.165, 1.54) is 0 Å². The van der Waals surface area contributed by atoms with E-state index < -0.39 is 5.60 Å². The number of hydrogen-bond donors (Lipinski definition) is 2. The minimum Gasteiger partial charge on any atom is -0.458 e. The largest absolute Gasteiger partial charge is 0.458 e. The molecule has 106 valence electrons. The molecular weight excluding hydrogens is 254 g/mol. The van der Waals surface area contributed by atoms with Crippen molar-refractivity contribution in [3.63, 3.8) is 0 Å². The average Bonchev–Trinajstić information content (AvgIpc) is 3.11. The van der Waals surface area contributed by atoms with Crippen molar-refractivity contribution in [1.82, 2.24) is 5.32 Å². The Morgan fingerprint density at radius 2 is 2.20 bits per heavy atom. The average molecular weight is 273 g/mol. The van der Waals surface area contributed by atoms with E-state index in [1.54, 1.807) is 6.92 Å². The van der Waals surface area contributed by atoms with Crippen molar-refractivity contribution in [3.8, 4) is 0 Å². The number of carbonyl (C=O) groups excluding carboxylic acids is 1. The molecule has 1 atom stereocenters. The molecule has 0 saturated heterocycles. The van der Waals surface area contributed by atoms with Crippen LogP contribution in [-0.2, 0) is 10.4 Å². The van der Waals surface area contributed by atoms with Gasteiger partial charge >= 0.3 is 0 Å². The molecule has 1 aromatic heterocycles. The van der Waals surface area contributed by atoms with Gasteiger partial charge in [-0.2, -0.15) is 0 Å². The van der Waals surface area contributed by atoms with Gasteiger partial charge in [-0.3, -0.25) is 4.79 Å². The fraction of sp³-hybridized carbons (Fsp3) is 0.438. The topological polar surface area (TPSA) is 62.5 Å². The van der Waals surface area contributed by atoms with Gasteiger partial charge in [0.05, 0.1) is 6.54 Å². The first kappa shape index (κ1) is 13.2. The van der Waals surface area contributed by atoms with Crippen LogP contribution in [0.15, 0.2) is 34.7 Å². The van der Waals surface area contributed by atoms with Gasteiger partial charge in [-0.15, -0.1) is 0 Å². The Labute approximate surface area is 117 Å². The van der Waals surface area contributed by atoms with Gasteiger partial charge in [-0.1, -0.05) is 18.2 Å². The summed E-state index contributed by atoms with van der Waals surface area (Å²) in [4.78, 5) is 11.7. The quantitative estimate of drug-likeness (QED) is 0.880. The first-order valence-electron chi connectivity index (χ1n) is 7.03. The molecule has 1 heterocycles. The van der Waals surface area contributed by atoms with Gasteiger partial charge in [-0.05, 0) is 37.8 Å². The number of para-hydroxylation sites is 1. The van der Waals surface area contributed by atoms with E-state index in [-0.39, 0.29) is 12.5 Å². The predicted molar refractivity (Wildman–Crippen MR) is 76.1 cm³/mol. The van der Waals surface area contributed by atoms with E-state index in [0.29, 0.717) is 18.1 Å². The third-order valence-electron chi connectivity index (χ3n) is 3.76. The number of aliphatic hydroxyl groups is 1. The lowest BCUT2D eigenvalue weighted by Gasteiger charge is -2.21. The van der Waals surface area contributed by atoms with Crippen LogP contribution in [0.5, 0.6) is 0 Å². The minimum absolute atomic E-state index is 0.00360. The lowest BCUT2D eigenvalue weighted by molar-refractivity contribution is -0.122. The molecule has 3 rings (SSSR count). The summed E-state index contributed by atoms with van der Waals surface area (Å²) in [7, 11) is 0. The molecule has 1 fully saturated rings. The zero-order chi connectivity index (χ0) is 14.2. The van der Waals surface area contributed by atoms with Gasteiger partial charge in [0.15, 0.2) is 0 Å². The standard InChI is InChI=1S/C16H19NO3/c1-16(19,10-17-15(18)8-11-6-7-11)14-9-12-4-2-3-5-13(12)20-14/h2-5,9,11,19H,6-8,10H2,1H3,(H,17,18)/t16-/m1/s1. The molecule has 0 unspecified atom stereocenters. The second kappa shape index (κ2) is 4.94. The predicted octanol–water partition coefficient (Wildman–Crippen LogP) is 2.56. The highest BCUT2D eigenvalue weighted by Gasteiger charge is 2.29. The summed E-state index contributed by atoms with van der Waals surface area (Å²) in [6.45, 7) is 1.82. The van der Waals surface area contributed by atoms with E-state index in [0.717, 1.165) is 23.8 Å². The molecule has 4 nitrogen and oxygen atoms in total. The van der Waals surface area contributed by atoms with E-state index in [1.807, 2.05) is 30.3 Å². The Morgan fingerprint density at radius 3 is 2.90 bits per heavy atom. The van der Waals surface area contributed by atoms with Crippen LogP contribution >= 0.6 is 0 Å². The SMILES string of the molecule is C[C@@](O)(CNC(=O)CC1CC1)c1cc2ccccc2o1. The second-order valence-electron chi connectivity index (χ2n) is 5.85. The fourth-order valence-electron chi connectivity index (χ4n) is 2.26. The summed E-state index contributed by atoms with van der Waals surface area (Å²) < 4.78 is 5.66. The highest BCUT2D eigenvalue weighted by Crippen LogP contribution is 2.32.